The van der Waals surface area contributed by atoms with Gasteiger partial charge in [0, 0.05) is 17.2 Å². The van der Waals surface area contributed by atoms with Gasteiger partial charge in [-0.25, -0.2) is 4.79 Å². The van der Waals surface area contributed by atoms with Gasteiger partial charge in [0.2, 0.25) is 0 Å². The SMILES string of the molecule is CCn1cc(Br)cc1C(=O)NN1C(=O)NC(C)(CCc2ccccc2)C1=O. The molecular formula is C19H21BrN4O3. The zero-order valence-corrected chi connectivity index (χ0v) is 16.7. The second kappa shape index (κ2) is 7.56. The lowest BCUT2D eigenvalue weighted by molar-refractivity contribution is -0.132. The number of carbonyl (C=O) groups is 3. The van der Waals surface area contributed by atoms with Crippen molar-refractivity contribution < 1.29 is 14.4 Å². The molecule has 142 valence electrons. The summed E-state index contributed by atoms with van der Waals surface area (Å²) in [6.07, 6.45) is 2.84. The summed E-state index contributed by atoms with van der Waals surface area (Å²) in [5.74, 6) is -0.983. The summed E-state index contributed by atoms with van der Waals surface area (Å²) in [5.41, 5.74) is 2.81. The summed E-state index contributed by atoms with van der Waals surface area (Å²) in [6, 6.07) is 10.8. The van der Waals surface area contributed by atoms with Crippen molar-refractivity contribution in [1.82, 2.24) is 20.3 Å². The second-order valence-corrected chi connectivity index (χ2v) is 7.57. The van der Waals surface area contributed by atoms with Crippen molar-refractivity contribution in [2.24, 2.45) is 0 Å². The monoisotopic (exact) mass is 432 g/mol. The quantitative estimate of drug-likeness (QED) is 0.688. The van der Waals surface area contributed by atoms with Gasteiger partial charge < -0.3 is 9.88 Å². The van der Waals surface area contributed by atoms with Gasteiger partial charge in [-0.05, 0) is 54.2 Å². The number of nitrogens with one attached hydrogen (secondary N) is 2. The van der Waals surface area contributed by atoms with Crippen LogP contribution in [0.25, 0.3) is 0 Å². The van der Waals surface area contributed by atoms with E-state index in [4.69, 9.17) is 0 Å². The number of rotatable bonds is 6. The van der Waals surface area contributed by atoms with Crippen molar-refractivity contribution in [2.75, 3.05) is 0 Å². The van der Waals surface area contributed by atoms with Gasteiger partial charge in [0.1, 0.15) is 11.2 Å². The maximum absolute atomic E-state index is 12.8. The lowest BCUT2D eigenvalue weighted by Crippen LogP contribution is -2.49. The maximum atomic E-state index is 12.8. The lowest BCUT2D eigenvalue weighted by atomic mass is 9.93. The van der Waals surface area contributed by atoms with Crippen LogP contribution in [0.15, 0.2) is 47.1 Å². The van der Waals surface area contributed by atoms with E-state index in [0.717, 1.165) is 15.0 Å². The summed E-state index contributed by atoms with van der Waals surface area (Å²) in [5, 5.41) is 3.47. The van der Waals surface area contributed by atoms with Crippen LogP contribution in [0.5, 0.6) is 0 Å². The van der Waals surface area contributed by atoms with Crippen LogP contribution in [0.3, 0.4) is 0 Å². The minimum atomic E-state index is -1.06. The number of hydrazine groups is 1. The van der Waals surface area contributed by atoms with Crippen molar-refractivity contribution in [2.45, 2.75) is 38.8 Å². The lowest BCUT2D eigenvalue weighted by Gasteiger charge is -2.21. The van der Waals surface area contributed by atoms with Gasteiger partial charge in [0.15, 0.2) is 0 Å². The van der Waals surface area contributed by atoms with Crippen LogP contribution in [-0.2, 0) is 17.8 Å². The highest BCUT2D eigenvalue weighted by Gasteiger charge is 2.48. The molecule has 0 bridgehead atoms. The van der Waals surface area contributed by atoms with E-state index < -0.39 is 23.4 Å². The number of aromatic nitrogens is 1. The van der Waals surface area contributed by atoms with Crippen molar-refractivity contribution in [3.63, 3.8) is 0 Å². The van der Waals surface area contributed by atoms with Crippen LogP contribution in [0, 0.1) is 0 Å². The number of benzene rings is 1. The van der Waals surface area contributed by atoms with Crippen molar-refractivity contribution in [1.29, 1.82) is 0 Å². The van der Waals surface area contributed by atoms with Gasteiger partial charge >= 0.3 is 6.03 Å². The molecule has 1 aliphatic rings. The van der Waals surface area contributed by atoms with Gasteiger partial charge in [0.05, 0.1) is 0 Å². The Bertz CT molecular complexity index is 880. The molecule has 0 aliphatic carbocycles. The molecule has 7 nitrogen and oxygen atoms in total. The Balaban J connectivity index is 1.70. The molecule has 1 fully saturated rings. The van der Waals surface area contributed by atoms with Crippen molar-refractivity contribution in [3.8, 4) is 0 Å². The number of halogens is 1. The van der Waals surface area contributed by atoms with E-state index in [1.165, 1.54) is 0 Å². The first-order valence-electron chi connectivity index (χ1n) is 8.71. The number of urea groups is 1. The first-order valence-corrected chi connectivity index (χ1v) is 9.50. The Morgan fingerprint density at radius 2 is 1.96 bits per heavy atom. The molecule has 0 radical (unpaired) electrons. The Morgan fingerprint density at radius 3 is 2.63 bits per heavy atom. The Kier molecular flexibility index (Phi) is 5.36. The summed E-state index contributed by atoms with van der Waals surface area (Å²) in [4.78, 5) is 37.6. The van der Waals surface area contributed by atoms with Crippen molar-refractivity contribution >= 4 is 33.8 Å². The molecule has 0 saturated carbocycles. The Labute approximate surface area is 165 Å². The number of imide groups is 1. The van der Waals surface area contributed by atoms with Gasteiger partial charge in [-0.15, -0.1) is 0 Å². The third-order valence-corrected chi connectivity index (χ3v) is 5.10. The largest absolute Gasteiger partial charge is 0.344 e. The van der Waals surface area contributed by atoms with Gasteiger partial charge in [0.25, 0.3) is 11.8 Å². The highest BCUT2D eigenvalue weighted by atomic mass is 79.9. The fourth-order valence-electron chi connectivity index (χ4n) is 3.08. The average molecular weight is 433 g/mol. The molecule has 8 heteroatoms. The topological polar surface area (TPSA) is 83.4 Å². The number of nitrogens with zero attached hydrogens (tertiary/aromatic N) is 2. The molecular weight excluding hydrogens is 412 g/mol. The van der Waals surface area contributed by atoms with E-state index >= 15 is 0 Å². The number of carbonyl (C=O) groups excluding carboxylic acids is 3. The third-order valence-electron chi connectivity index (χ3n) is 4.67. The molecule has 1 atom stereocenters. The highest BCUT2D eigenvalue weighted by molar-refractivity contribution is 9.10. The zero-order valence-electron chi connectivity index (χ0n) is 15.2. The van der Waals surface area contributed by atoms with E-state index in [1.807, 2.05) is 37.3 Å². The normalized spacial score (nSPS) is 19.3. The molecule has 2 aromatic rings. The smallest absolute Gasteiger partial charge is 0.343 e. The van der Waals surface area contributed by atoms with Crippen LogP contribution < -0.4 is 10.7 Å². The van der Waals surface area contributed by atoms with E-state index in [-0.39, 0.29) is 0 Å². The molecule has 1 unspecified atom stereocenters. The third kappa shape index (κ3) is 3.90. The molecule has 1 aromatic heterocycles. The fraction of sp³-hybridized carbons (Fsp3) is 0.316. The molecule has 0 spiro atoms. The fourth-order valence-corrected chi connectivity index (χ4v) is 3.54. The van der Waals surface area contributed by atoms with Gasteiger partial charge in [-0.1, -0.05) is 30.3 Å². The summed E-state index contributed by atoms with van der Waals surface area (Å²) < 4.78 is 2.48. The summed E-state index contributed by atoms with van der Waals surface area (Å²) >= 11 is 3.33. The van der Waals surface area contributed by atoms with Crippen LogP contribution >= 0.6 is 15.9 Å². The first-order chi connectivity index (χ1) is 12.8. The van der Waals surface area contributed by atoms with Crippen LogP contribution in [0.2, 0.25) is 0 Å². The van der Waals surface area contributed by atoms with E-state index in [0.29, 0.717) is 25.1 Å². The predicted molar refractivity (Wildman–Crippen MR) is 104 cm³/mol. The van der Waals surface area contributed by atoms with Gasteiger partial charge in [-0.3, -0.25) is 15.0 Å². The highest BCUT2D eigenvalue weighted by Crippen LogP contribution is 2.23. The minimum absolute atomic E-state index is 0.364. The molecule has 27 heavy (non-hydrogen) atoms. The standard InChI is InChI=1S/C19H21BrN4O3/c1-3-23-12-14(20)11-15(23)16(25)22-24-17(26)19(2,21-18(24)27)10-9-13-7-5-4-6-8-13/h4-8,11-12H,3,9-10H2,1-2H3,(H,21,27)(H,22,25). The second-order valence-electron chi connectivity index (χ2n) is 6.66. The molecule has 2 heterocycles. The number of hydrogen-bond acceptors (Lipinski definition) is 3. The molecule has 1 aromatic carbocycles. The van der Waals surface area contributed by atoms with Crippen LogP contribution in [0.4, 0.5) is 4.79 Å². The molecule has 2 N–H and O–H groups in total. The van der Waals surface area contributed by atoms with Crippen LogP contribution in [-0.4, -0.2) is 33.0 Å². The van der Waals surface area contributed by atoms with Crippen molar-refractivity contribution in [3.05, 3.63) is 58.3 Å². The molecule has 1 saturated heterocycles. The predicted octanol–water partition coefficient (Wildman–Crippen LogP) is 2.86. The Morgan fingerprint density at radius 1 is 1.26 bits per heavy atom. The van der Waals surface area contributed by atoms with Gasteiger partial charge in [-0.2, -0.15) is 5.01 Å². The van der Waals surface area contributed by atoms with E-state index in [9.17, 15) is 14.4 Å². The number of hydrogen-bond donors (Lipinski definition) is 2. The molecule has 1 aliphatic heterocycles. The minimum Gasteiger partial charge on any atom is -0.343 e. The van der Waals surface area contributed by atoms with E-state index in [1.54, 1.807) is 23.8 Å². The number of amides is 4. The van der Waals surface area contributed by atoms with Crippen LogP contribution in [0.1, 0.15) is 36.3 Å². The molecule has 4 amide bonds. The first kappa shape index (κ1) is 19.2. The average Bonchev–Trinajstić information content (AvgIpc) is 3.14. The van der Waals surface area contributed by atoms with E-state index in [2.05, 4.69) is 26.7 Å². The molecule has 3 rings (SSSR count). The summed E-state index contributed by atoms with van der Waals surface area (Å²) in [7, 11) is 0. The Hall–Kier alpha value is -2.61. The maximum Gasteiger partial charge on any atom is 0.344 e. The summed E-state index contributed by atoms with van der Waals surface area (Å²) in [6.45, 7) is 4.16. The number of aryl methyl sites for hydroxylation is 2. The zero-order chi connectivity index (χ0) is 19.6.